The monoisotopic (exact) mass is 525 g/mol. The van der Waals surface area contributed by atoms with E-state index in [1.165, 1.54) is 18.6 Å². The highest BCUT2D eigenvalue weighted by molar-refractivity contribution is 6.31. The van der Waals surface area contributed by atoms with Crippen molar-refractivity contribution in [2.24, 2.45) is 0 Å². The van der Waals surface area contributed by atoms with Crippen LogP contribution in [0.4, 0.5) is 8.78 Å². The average molecular weight is 526 g/mol. The van der Waals surface area contributed by atoms with Crippen LogP contribution in [0, 0.1) is 25.5 Å². The Balaban J connectivity index is 1.75. The van der Waals surface area contributed by atoms with Crippen LogP contribution >= 0.6 is 11.6 Å². The zero-order chi connectivity index (χ0) is 27.1. The van der Waals surface area contributed by atoms with Crippen LogP contribution in [0.1, 0.15) is 42.6 Å². The third-order valence-electron chi connectivity index (χ3n) is 5.61. The molecule has 1 atom stereocenters. The molecule has 4 aromatic heterocycles. The topological polar surface area (TPSA) is 103 Å². The van der Waals surface area contributed by atoms with E-state index in [0.29, 0.717) is 34.4 Å². The van der Waals surface area contributed by atoms with Crippen LogP contribution in [0.15, 0.2) is 47.7 Å². The van der Waals surface area contributed by atoms with Gasteiger partial charge in [-0.15, -0.1) is 0 Å². The van der Waals surface area contributed by atoms with Gasteiger partial charge in [-0.2, -0.15) is 0 Å². The van der Waals surface area contributed by atoms with Gasteiger partial charge < -0.3 is 9.84 Å². The molecule has 0 fully saturated rings. The van der Waals surface area contributed by atoms with Crippen molar-refractivity contribution in [1.82, 2.24) is 24.5 Å². The molecular formula is C25H23BClF2N5O3. The zero-order valence-electron chi connectivity index (χ0n) is 20.8. The molecule has 8 nitrogen and oxygen atoms in total. The van der Waals surface area contributed by atoms with E-state index in [1.54, 1.807) is 52.1 Å². The SMILES string of the molecule is B[C@H](Oc1cc(C)n(-c2cc(-c3ccnc(C(C)(C)O)n3)ncc2C)c(=O)c1Cl)c1ncc(F)cc1F. The van der Waals surface area contributed by atoms with Gasteiger partial charge in [-0.1, -0.05) is 11.6 Å². The number of hydrogen-bond acceptors (Lipinski definition) is 7. The molecule has 0 saturated carbocycles. The Morgan fingerprint density at radius 1 is 1.11 bits per heavy atom. The molecule has 12 heteroatoms. The van der Waals surface area contributed by atoms with Crippen molar-refractivity contribution >= 4 is 19.4 Å². The normalized spacial score (nSPS) is 12.4. The lowest BCUT2D eigenvalue weighted by Crippen LogP contribution is -2.23. The maximum Gasteiger partial charge on any atom is 0.277 e. The third-order valence-corrected chi connectivity index (χ3v) is 5.95. The van der Waals surface area contributed by atoms with Gasteiger partial charge in [0.2, 0.25) is 0 Å². The van der Waals surface area contributed by atoms with E-state index in [0.717, 1.165) is 6.20 Å². The van der Waals surface area contributed by atoms with Crippen molar-refractivity contribution in [3.63, 3.8) is 0 Å². The Bertz CT molecular complexity index is 1560. The predicted octanol–water partition coefficient (Wildman–Crippen LogP) is 3.57. The molecule has 0 aliphatic carbocycles. The predicted molar refractivity (Wildman–Crippen MR) is 137 cm³/mol. The van der Waals surface area contributed by atoms with Crippen molar-refractivity contribution in [2.45, 2.75) is 39.3 Å². The largest absolute Gasteiger partial charge is 0.492 e. The molecule has 1 N–H and O–H groups in total. The molecule has 0 aliphatic rings. The first-order valence-electron chi connectivity index (χ1n) is 11.3. The summed E-state index contributed by atoms with van der Waals surface area (Å²) >= 11 is 6.40. The van der Waals surface area contributed by atoms with Crippen molar-refractivity contribution in [1.29, 1.82) is 0 Å². The van der Waals surface area contributed by atoms with E-state index in [9.17, 15) is 18.7 Å². The number of nitrogens with zero attached hydrogens (tertiary/aromatic N) is 5. The lowest BCUT2D eigenvalue weighted by Gasteiger charge is -2.19. The Hall–Kier alpha value is -3.70. The van der Waals surface area contributed by atoms with E-state index >= 15 is 0 Å². The second kappa shape index (κ2) is 9.99. The lowest BCUT2D eigenvalue weighted by atomic mass is 9.95. The number of aliphatic hydroxyl groups is 1. The van der Waals surface area contributed by atoms with Crippen molar-refractivity contribution in [3.05, 3.63) is 92.6 Å². The van der Waals surface area contributed by atoms with E-state index in [1.807, 2.05) is 0 Å². The summed E-state index contributed by atoms with van der Waals surface area (Å²) in [6.45, 7) is 6.65. The van der Waals surface area contributed by atoms with Crippen LogP contribution < -0.4 is 10.3 Å². The summed E-state index contributed by atoms with van der Waals surface area (Å²) in [4.78, 5) is 30.1. The Morgan fingerprint density at radius 2 is 1.84 bits per heavy atom. The van der Waals surface area contributed by atoms with Crippen LogP contribution in [0.25, 0.3) is 17.1 Å². The zero-order valence-corrected chi connectivity index (χ0v) is 21.5. The van der Waals surface area contributed by atoms with Gasteiger partial charge in [0.25, 0.3) is 5.56 Å². The molecule has 0 aliphatic heterocycles. The number of aromatic nitrogens is 5. The molecule has 0 saturated heterocycles. The number of ether oxygens (including phenoxy) is 1. The standard InChI is InChI=1S/C25H23BClF2N5O3/c1-12-10-31-17(16-5-6-30-24(33-16)25(3,4)36)9-18(12)34-13(2)7-19(20(27)23(34)35)37-22(26)21-15(29)8-14(28)11-32-21/h5-11,22,36H,26H2,1-4H3/t22-/m1/s1. The highest BCUT2D eigenvalue weighted by Gasteiger charge is 2.22. The van der Waals surface area contributed by atoms with Gasteiger partial charge in [-0.25, -0.2) is 18.7 Å². The first-order valence-corrected chi connectivity index (χ1v) is 11.7. The molecule has 0 unspecified atom stereocenters. The molecule has 0 spiro atoms. The maximum atomic E-state index is 14.2. The number of halogens is 3. The van der Waals surface area contributed by atoms with E-state index in [2.05, 4.69) is 19.9 Å². The minimum absolute atomic E-state index is 0.0380. The minimum Gasteiger partial charge on any atom is -0.492 e. The average Bonchev–Trinajstić information content (AvgIpc) is 2.83. The first-order chi connectivity index (χ1) is 17.4. The van der Waals surface area contributed by atoms with Crippen molar-refractivity contribution < 1.29 is 18.6 Å². The maximum absolute atomic E-state index is 14.2. The quantitative estimate of drug-likeness (QED) is 0.384. The van der Waals surface area contributed by atoms with Gasteiger partial charge in [-0.3, -0.25) is 19.3 Å². The van der Waals surface area contributed by atoms with Crippen molar-refractivity contribution in [2.75, 3.05) is 0 Å². The van der Waals surface area contributed by atoms with Gasteiger partial charge >= 0.3 is 0 Å². The number of hydrogen-bond donors (Lipinski definition) is 1. The van der Waals surface area contributed by atoms with Crippen molar-refractivity contribution in [3.8, 4) is 22.8 Å². The van der Waals surface area contributed by atoms with E-state index in [-0.39, 0.29) is 22.3 Å². The van der Waals surface area contributed by atoms with Gasteiger partial charge in [-0.05, 0) is 45.4 Å². The van der Waals surface area contributed by atoms with Gasteiger partial charge in [0.05, 0.1) is 23.3 Å². The second-order valence-electron chi connectivity index (χ2n) is 9.07. The lowest BCUT2D eigenvalue weighted by molar-refractivity contribution is 0.0688. The van der Waals surface area contributed by atoms with E-state index < -0.39 is 28.8 Å². The highest BCUT2D eigenvalue weighted by Crippen LogP contribution is 2.29. The molecule has 37 heavy (non-hydrogen) atoms. The second-order valence-corrected chi connectivity index (χ2v) is 9.44. The summed E-state index contributed by atoms with van der Waals surface area (Å²) in [6, 6.07) is 4.67. The summed E-state index contributed by atoms with van der Waals surface area (Å²) in [5.41, 5.74) is 0.703. The smallest absolute Gasteiger partial charge is 0.277 e. The van der Waals surface area contributed by atoms with Crippen LogP contribution in [0.2, 0.25) is 5.02 Å². The molecule has 0 amide bonds. The van der Waals surface area contributed by atoms with Gasteiger partial charge in [0.1, 0.15) is 33.9 Å². The Morgan fingerprint density at radius 3 is 2.51 bits per heavy atom. The first kappa shape index (κ1) is 26.4. The van der Waals surface area contributed by atoms with Crippen LogP contribution in [0.3, 0.4) is 0 Å². The molecule has 4 aromatic rings. The molecule has 190 valence electrons. The molecule has 0 bridgehead atoms. The summed E-state index contributed by atoms with van der Waals surface area (Å²) in [5.74, 6) is -1.41. The fraction of sp³-hybridized carbons (Fsp3) is 0.240. The van der Waals surface area contributed by atoms with Gasteiger partial charge in [0.15, 0.2) is 19.5 Å². The third kappa shape index (κ3) is 5.37. The van der Waals surface area contributed by atoms with Crippen LogP contribution in [-0.4, -0.2) is 37.5 Å². The summed E-state index contributed by atoms with van der Waals surface area (Å²) in [6.07, 6.45) is 4.01. The molecular weight excluding hydrogens is 503 g/mol. The van der Waals surface area contributed by atoms with Gasteiger partial charge in [0, 0.05) is 30.2 Å². The van der Waals surface area contributed by atoms with Crippen LogP contribution in [-0.2, 0) is 5.60 Å². The summed E-state index contributed by atoms with van der Waals surface area (Å²) in [7, 11) is 1.52. The number of aryl methyl sites for hydroxylation is 2. The van der Waals surface area contributed by atoms with Crippen LogP contribution in [0.5, 0.6) is 5.75 Å². The summed E-state index contributed by atoms with van der Waals surface area (Å²) < 4.78 is 34.5. The number of pyridine rings is 3. The number of rotatable bonds is 6. The fourth-order valence-electron chi connectivity index (χ4n) is 3.73. The highest BCUT2D eigenvalue weighted by atomic mass is 35.5. The molecule has 4 rings (SSSR count). The minimum atomic E-state index is -1.25. The summed E-state index contributed by atoms with van der Waals surface area (Å²) in [5, 5.41) is 10.1. The Labute approximate surface area is 217 Å². The Kier molecular flexibility index (Phi) is 7.12. The molecule has 0 aromatic carbocycles. The van der Waals surface area contributed by atoms with E-state index in [4.69, 9.17) is 16.3 Å². The molecule has 4 heterocycles. The molecule has 0 radical (unpaired) electrons. The fourth-order valence-corrected chi connectivity index (χ4v) is 3.91.